The molecule has 0 heterocycles. The maximum absolute atomic E-state index is 6.12. The molecule has 2 heteroatoms. The molecule has 1 fully saturated rings. The van der Waals surface area contributed by atoms with Crippen molar-refractivity contribution in [2.75, 3.05) is 0 Å². The van der Waals surface area contributed by atoms with Gasteiger partial charge in [0.2, 0.25) is 0 Å². The number of hydrogen-bond donors (Lipinski definition) is 0. The molecule has 0 N–H and O–H groups in total. The van der Waals surface area contributed by atoms with Gasteiger partial charge in [-0.15, -0.1) is 0 Å². The van der Waals surface area contributed by atoms with Gasteiger partial charge in [-0.3, -0.25) is 0 Å². The van der Waals surface area contributed by atoms with E-state index in [0.29, 0.717) is 6.10 Å². The topological polar surface area (TPSA) is 9.23 Å². The SMILES string of the molecule is c1ccc([S+](c2ccccc2)c2ccc(OC3CCCC3)cc2)cc1. The molecule has 4 rings (SSSR count). The van der Waals surface area contributed by atoms with Crippen LogP contribution in [0.15, 0.2) is 99.6 Å². The van der Waals surface area contributed by atoms with Crippen LogP contribution in [0.2, 0.25) is 0 Å². The van der Waals surface area contributed by atoms with Crippen molar-refractivity contribution in [3.63, 3.8) is 0 Å². The van der Waals surface area contributed by atoms with Crippen molar-refractivity contribution in [2.24, 2.45) is 0 Å². The van der Waals surface area contributed by atoms with E-state index in [2.05, 4.69) is 84.9 Å². The average molecular weight is 348 g/mol. The van der Waals surface area contributed by atoms with Gasteiger partial charge in [-0.2, -0.15) is 0 Å². The van der Waals surface area contributed by atoms with Gasteiger partial charge in [-0.05, 0) is 74.2 Å². The highest BCUT2D eigenvalue weighted by molar-refractivity contribution is 7.97. The quantitative estimate of drug-likeness (QED) is 0.506. The summed E-state index contributed by atoms with van der Waals surface area (Å²) < 4.78 is 6.12. The first-order valence-corrected chi connectivity index (χ1v) is 10.2. The molecule has 25 heavy (non-hydrogen) atoms. The Hall–Kier alpha value is -2.19. The minimum atomic E-state index is -0.0824. The Balaban J connectivity index is 1.63. The zero-order valence-electron chi connectivity index (χ0n) is 14.3. The van der Waals surface area contributed by atoms with Gasteiger partial charge >= 0.3 is 0 Å². The summed E-state index contributed by atoms with van der Waals surface area (Å²) in [5.41, 5.74) is 0. The molecule has 3 aromatic carbocycles. The minimum absolute atomic E-state index is 0.0824. The summed E-state index contributed by atoms with van der Waals surface area (Å²) in [5, 5.41) is 0. The van der Waals surface area contributed by atoms with Gasteiger partial charge in [0.05, 0.1) is 17.0 Å². The van der Waals surface area contributed by atoms with Crippen LogP contribution in [0.4, 0.5) is 0 Å². The predicted octanol–water partition coefficient (Wildman–Crippen LogP) is 6.10. The van der Waals surface area contributed by atoms with Gasteiger partial charge in [-0.25, -0.2) is 0 Å². The second kappa shape index (κ2) is 7.79. The van der Waals surface area contributed by atoms with Crippen LogP contribution >= 0.6 is 0 Å². The zero-order valence-corrected chi connectivity index (χ0v) is 15.1. The van der Waals surface area contributed by atoms with Crippen LogP contribution in [0.1, 0.15) is 25.7 Å². The Kier molecular flexibility index (Phi) is 5.08. The molecule has 0 saturated heterocycles. The van der Waals surface area contributed by atoms with E-state index >= 15 is 0 Å². The molecule has 0 atom stereocenters. The Morgan fingerprint density at radius 1 is 0.600 bits per heavy atom. The third-order valence-corrected chi connectivity index (χ3v) is 6.85. The molecule has 0 aromatic heterocycles. The molecule has 0 bridgehead atoms. The summed E-state index contributed by atoms with van der Waals surface area (Å²) in [5.74, 6) is 1.00. The summed E-state index contributed by atoms with van der Waals surface area (Å²) in [6.45, 7) is 0. The highest BCUT2D eigenvalue weighted by Gasteiger charge is 2.28. The van der Waals surface area contributed by atoms with Crippen LogP contribution < -0.4 is 4.74 Å². The van der Waals surface area contributed by atoms with E-state index in [9.17, 15) is 0 Å². The van der Waals surface area contributed by atoms with Crippen LogP contribution in [0, 0.1) is 0 Å². The molecule has 0 radical (unpaired) electrons. The first-order chi connectivity index (χ1) is 12.4. The standard InChI is InChI=1S/C23H23OS/c1-3-11-21(12-4-1)25(22-13-5-2-6-14-22)23-17-15-20(16-18-23)24-19-9-7-8-10-19/h1-6,11-19H,7-10H2/q+1. The maximum Gasteiger partial charge on any atom is 0.166 e. The van der Waals surface area contributed by atoms with Crippen LogP contribution in [0.3, 0.4) is 0 Å². The van der Waals surface area contributed by atoms with E-state index in [-0.39, 0.29) is 10.9 Å². The Morgan fingerprint density at radius 2 is 1.08 bits per heavy atom. The molecule has 1 saturated carbocycles. The van der Waals surface area contributed by atoms with E-state index in [1.165, 1.54) is 40.4 Å². The van der Waals surface area contributed by atoms with Crippen LogP contribution in [0.5, 0.6) is 5.75 Å². The third kappa shape index (κ3) is 3.91. The van der Waals surface area contributed by atoms with Gasteiger partial charge in [-0.1, -0.05) is 36.4 Å². The molecule has 3 aromatic rings. The van der Waals surface area contributed by atoms with E-state index in [1.807, 2.05) is 0 Å². The van der Waals surface area contributed by atoms with Crippen molar-refractivity contribution in [3.8, 4) is 5.75 Å². The number of rotatable bonds is 5. The van der Waals surface area contributed by atoms with Gasteiger partial charge in [0.1, 0.15) is 5.75 Å². The van der Waals surface area contributed by atoms with Crippen LogP contribution in [-0.2, 0) is 10.9 Å². The first-order valence-electron chi connectivity index (χ1n) is 9.01. The van der Waals surface area contributed by atoms with Gasteiger partial charge in [0.25, 0.3) is 0 Å². The van der Waals surface area contributed by atoms with Crippen molar-refractivity contribution in [3.05, 3.63) is 84.9 Å². The maximum atomic E-state index is 6.12. The van der Waals surface area contributed by atoms with Crippen molar-refractivity contribution >= 4 is 10.9 Å². The summed E-state index contributed by atoms with van der Waals surface area (Å²) in [7, 11) is -0.0824. The molecule has 0 amide bonds. The highest BCUT2D eigenvalue weighted by atomic mass is 32.2. The number of ether oxygens (including phenoxy) is 1. The molecule has 1 aliphatic carbocycles. The van der Waals surface area contributed by atoms with Crippen LogP contribution in [0.25, 0.3) is 0 Å². The van der Waals surface area contributed by atoms with Crippen molar-refractivity contribution in [2.45, 2.75) is 46.5 Å². The second-order valence-electron chi connectivity index (χ2n) is 6.43. The lowest BCUT2D eigenvalue weighted by Crippen LogP contribution is -2.11. The summed E-state index contributed by atoms with van der Waals surface area (Å²) in [6, 6.07) is 30.3. The Morgan fingerprint density at radius 3 is 1.60 bits per heavy atom. The lowest BCUT2D eigenvalue weighted by Gasteiger charge is -2.13. The minimum Gasteiger partial charge on any atom is -0.490 e. The Bertz CT molecular complexity index is 738. The van der Waals surface area contributed by atoms with Gasteiger partial charge in [0.15, 0.2) is 14.7 Å². The van der Waals surface area contributed by atoms with Gasteiger partial charge < -0.3 is 4.74 Å². The van der Waals surface area contributed by atoms with E-state index < -0.39 is 0 Å². The first kappa shape index (κ1) is 16.3. The van der Waals surface area contributed by atoms with Crippen molar-refractivity contribution in [1.82, 2.24) is 0 Å². The molecule has 0 aliphatic heterocycles. The smallest absolute Gasteiger partial charge is 0.166 e. The predicted molar refractivity (Wildman–Crippen MR) is 104 cm³/mol. The molecular weight excluding hydrogens is 324 g/mol. The molecular formula is C23H23OS+. The molecule has 1 aliphatic rings. The molecule has 0 spiro atoms. The van der Waals surface area contributed by atoms with E-state index in [1.54, 1.807) is 0 Å². The normalized spacial score (nSPS) is 14.8. The monoisotopic (exact) mass is 347 g/mol. The van der Waals surface area contributed by atoms with E-state index in [0.717, 1.165) is 5.75 Å². The summed E-state index contributed by atoms with van der Waals surface area (Å²) >= 11 is 0. The summed E-state index contributed by atoms with van der Waals surface area (Å²) in [6.07, 6.45) is 5.40. The fraction of sp³-hybridized carbons (Fsp3) is 0.217. The highest BCUT2D eigenvalue weighted by Crippen LogP contribution is 2.32. The zero-order chi connectivity index (χ0) is 16.9. The Labute approximate surface area is 153 Å². The number of hydrogen-bond acceptors (Lipinski definition) is 1. The third-order valence-electron chi connectivity index (χ3n) is 4.62. The fourth-order valence-electron chi connectivity index (χ4n) is 3.37. The second-order valence-corrected chi connectivity index (χ2v) is 8.45. The van der Waals surface area contributed by atoms with E-state index in [4.69, 9.17) is 4.74 Å². The fourth-order valence-corrected chi connectivity index (χ4v) is 5.46. The van der Waals surface area contributed by atoms with Gasteiger partial charge in [0, 0.05) is 0 Å². The van der Waals surface area contributed by atoms with Crippen LogP contribution in [-0.4, -0.2) is 6.10 Å². The molecule has 0 unspecified atom stereocenters. The average Bonchev–Trinajstić information content (AvgIpc) is 3.18. The molecule has 126 valence electrons. The van der Waals surface area contributed by atoms with Crippen molar-refractivity contribution < 1.29 is 4.74 Å². The molecule has 1 nitrogen and oxygen atoms in total. The van der Waals surface area contributed by atoms with Crippen molar-refractivity contribution in [1.29, 1.82) is 0 Å². The summed E-state index contributed by atoms with van der Waals surface area (Å²) in [4.78, 5) is 4.02. The lowest BCUT2D eigenvalue weighted by molar-refractivity contribution is 0.210. The lowest BCUT2D eigenvalue weighted by atomic mass is 10.3. The number of benzene rings is 3. The largest absolute Gasteiger partial charge is 0.490 e.